The maximum absolute atomic E-state index is 5.34. The van der Waals surface area contributed by atoms with Gasteiger partial charge < -0.3 is 5.32 Å². The first-order chi connectivity index (χ1) is 8.38. The van der Waals surface area contributed by atoms with Crippen LogP contribution in [0.2, 0.25) is 0 Å². The summed E-state index contributed by atoms with van der Waals surface area (Å²) in [5, 5.41) is 4.57. The summed E-state index contributed by atoms with van der Waals surface area (Å²) >= 11 is 4.25. The van der Waals surface area contributed by atoms with Gasteiger partial charge in [-0.3, -0.25) is 4.90 Å². The van der Waals surface area contributed by atoms with Gasteiger partial charge in [0, 0.05) is 48.2 Å². The van der Waals surface area contributed by atoms with Crippen LogP contribution in [0.5, 0.6) is 0 Å². The van der Waals surface area contributed by atoms with E-state index in [0.29, 0.717) is 0 Å². The zero-order valence-electron chi connectivity index (χ0n) is 10.4. The third-order valence-corrected chi connectivity index (χ3v) is 6.27. The third-order valence-electron chi connectivity index (χ3n) is 3.42. The zero-order valence-corrected chi connectivity index (χ0v) is 12.0. The minimum Gasteiger partial charge on any atom is -0.313 e. The quantitative estimate of drug-likeness (QED) is 0.779. The highest BCUT2D eigenvalue weighted by Crippen LogP contribution is 2.23. The smallest absolute Gasteiger partial charge is 0.0598 e. The molecule has 4 heteroatoms. The van der Waals surface area contributed by atoms with E-state index < -0.39 is 0 Å². The molecule has 2 aliphatic rings. The molecule has 0 amide bonds. The SMILES string of the molecule is C#CCN1CCC(NCC2CSCCS2)CC1. The summed E-state index contributed by atoms with van der Waals surface area (Å²) in [6.45, 7) is 4.34. The van der Waals surface area contributed by atoms with E-state index in [1.165, 1.54) is 36.6 Å². The number of hydrogen-bond acceptors (Lipinski definition) is 4. The molecule has 0 radical (unpaired) electrons. The molecular formula is C13H22N2S2. The van der Waals surface area contributed by atoms with Gasteiger partial charge in [0.15, 0.2) is 0 Å². The minimum atomic E-state index is 0.719. The van der Waals surface area contributed by atoms with Gasteiger partial charge in [0.2, 0.25) is 0 Å². The second kappa shape index (κ2) is 7.58. The Kier molecular flexibility index (Phi) is 6.07. The molecule has 2 aliphatic heterocycles. The highest BCUT2D eigenvalue weighted by molar-refractivity contribution is 8.06. The van der Waals surface area contributed by atoms with Crippen LogP contribution in [0.4, 0.5) is 0 Å². The van der Waals surface area contributed by atoms with E-state index >= 15 is 0 Å². The van der Waals surface area contributed by atoms with Crippen LogP contribution in [-0.4, -0.2) is 59.6 Å². The van der Waals surface area contributed by atoms with Crippen LogP contribution >= 0.6 is 23.5 Å². The van der Waals surface area contributed by atoms with E-state index in [9.17, 15) is 0 Å². The molecule has 17 heavy (non-hydrogen) atoms. The standard InChI is InChI=1S/C13H22N2S2/c1-2-5-15-6-3-12(4-7-15)14-10-13-11-16-8-9-17-13/h1,12-14H,3-11H2. The molecule has 2 heterocycles. The number of hydrogen-bond donors (Lipinski definition) is 1. The van der Waals surface area contributed by atoms with Gasteiger partial charge in [0.25, 0.3) is 0 Å². The summed E-state index contributed by atoms with van der Waals surface area (Å²) in [5.74, 6) is 6.73. The van der Waals surface area contributed by atoms with E-state index in [1.54, 1.807) is 0 Å². The highest BCUT2D eigenvalue weighted by atomic mass is 32.2. The monoisotopic (exact) mass is 270 g/mol. The van der Waals surface area contributed by atoms with Crippen molar-refractivity contribution < 1.29 is 0 Å². The number of thioether (sulfide) groups is 2. The predicted octanol–water partition coefficient (Wildman–Crippen LogP) is 1.52. The lowest BCUT2D eigenvalue weighted by molar-refractivity contribution is 0.218. The first kappa shape index (κ1) is 13.6. The summed E-state index contributed by atoms with van der Waals surface area (Å²) in [5.41, 5.74) is 0. The van der Waals surface area contributed by atoms with Crippen molar-refractivity contribution in [3.63, 3.8) is 0 Å². The maximum atomic E-state index is 5.34. The Balaban J connectivity index is 1.59. The van der Waals surface area contributed by atoms with Crippen molar-refractivity contribution in [2.75, 3.05) is 43.4 Å². The Labute approximate surface area is 114 Å². The fourth-order valence-corrected chi connectivity index (χ4v) is 5.00. The number of nitrogens with zero attached hydrogens (tertiary/aromatic N) is 1. The molecule has 1 N–H and O–H groups in total. The molecule has 2 rings (SSSR count). The Morgan fingerprint density at radius 2 is 2.12 bits per heavy atom. The number of terminal acetylenes is 1. The molecule has 0 bridgehead atoms. The van der Waals surface area contributed by atoms with Gasteiger partial charge in [-0.05, 0) is 12.8 Å². The first-order valence-corrected chi connectivity index (χ1v) is 8.67. The molecule has 0 aromatic carbocycles. The molecule has 2 nitrogen and oxygen atoms in total. The molecule has 96 valence electrons. The number of piperidine rings is 1. The molecule has 0 spiro atoms. The predicted molar refractivity (Wildman–Crippen MR) is 79.9 cm³/mol. The number of nitrogens with one attached hydrogen (secondary N) is 1. The first-order valence-electron chi connectivity index (χ1n) is 6.47. The molecule has 0 saturated carbocycles. The summed E-state index contributed by atoms with van der Waals surface area (Å²) in [7, 11) is 0. The van der Waals surface area contributed by atoms with Crippen molar-refractivity contribution in [2.45, 2.75) is 24.1 Å². The van der Waals surface area contributed by atoms with Crippen LogP contribution < -0.4 is 5.32 Å². The van der Waals surface area contributed by atoms with Crippen LogP contribution in [0.1, 0.15) is 12.8 Å². The average Bonchev–Trinajstić information content (AvgIpc) is 2.40. The van der Waals surface area contributed by atoms with Gasteiger partial charge in [-0.15, -0.1) is 6.42 Å². The Morgan fingerprint density at radius 3 is 2.76 bits per heavy atom. The van der Waals surface area contributed by atoms with E-state index in [-0.39, 0.29) is 0 Å². The zero-order chi connectivity index (χ0) is 11.9. The Bertz CT molecular complexity index is 251. The lowest BCUT2D eigenvalue weighted by Gasteiger charge is -2.32. The van der Waals surface area contributed by atoms with E-state index in [4.69, 9.17) is 6.42 Å². The average molecular weight is 270 g/mol. The lowest BCUT2D eigenvalue weighted by Crippen LogP contribution is -2.44. The van der Waals surface area contributed by atoms with E-state index in [0.717, 1.165) is 30.9 Å². The summed E-state index contributed by atoms with van der Waals surface area (Å²) in [6, 6.07) is 0.719. The van der Waals surface area contributed by atoms with Crippen molar-refractivity contribution in [3.05, 3.63) is 0 Å². The molecule has 1 unspecified atom stereocenters. The Morgan fingerprint density at radius 1 is 1.29 bits per heavy atom. The van der Waals surface area contributed by atoms with Gasteiger partial charge in [-0.25, -0.2) is 0 Å². The van der Waals surface area contributed by atoms with Crippen LogP contribution in [0, 0.1) is 12.3 Å². The topological polar surface area (TPSA) is 15.3 Å². The maximum Gasteiger partial charge on any atom is 0.0598 e. The summed E-state index contributed by atoms with van der Waals surface area (Å²) in [6.07, 6.45) is 7.85. The van der Waals surface area contributed by atoms with Crippen molar-refractivity contribution in [2.24, 2.45) is 0 Å². The number of rotatable bonds is 4. The fraction of sp³-hybridized carbons (Fsp3) is 0.846. The van der Waals surface area contributed by atoms with Crippen molar-refractivity contribution in [3.8, 4) is 12.3 Å². The van der Waals surface area contributed by atoms with Gasteiger partial charge in [0.1, 0.15) is 0 Å². The second-order valence-corrected chi connectivity index (χ2v) is 7.29. The summed E-state index contributed by atoms with van der Waals surface area (Å²) in [4.78, 5) is 2.38. The van der Waals surface area contributed by atoms with Crippen LogP contribution in [0.3, 0.4) is 0 Å². The van der Waals surface area contributed by atoms with Gasteiger partial charge >= 0.3 is 0 Å². The van der Waals surface area contributed by atoms with Crippen molar-refractivity contribution in [1.82, 2.24) is 10.2 Å². The lowest BCUT2D eigenvalue weighted by atomic mass is 10.1. The van der Waals surface area contributed by atoms with Crippen molar-refractivity contribution >= 4 is 23.5 Å². The molecular weight excluding hydrogens is 248 g/mol. The number of likely N-dealkylation sites (tertiary alicyclic amines) is 1. The minimum absolute atomic E-state index is 0.719. The third kappa shape index (κ3) is 4.75. The molecule has 0 aromatic rings. The van der Waals surface area contributed by atoms with Crippen LogP contribution in [0.25, 0.3) is 0 Å². The van der Waals surface area contributed by atoms with Gasteiger partial charge in [-0.2, -0.15) is 23.5 Å². The largest absolute Gasteiger partial charge is 0.313 e. The molecule has 0 aromatic heterocycles. The van der Waals surface area contributed by atoms with Gasteiger partial charge in [0.05, 0.1) is 6.54 Å². The molecule has 1 atom stereocenters. The summed E-state index contributed by atoms with van der Waals surface area (Å²) < 4.78 is 0. The second-order valence-electron chi connectivity index (χ2n) is 4.73. The fourth-order valence-electron chi connectivity index (χ4n) is 2.38. The van der Waals surface area contributed by atoms with Crippen LogP contribution in [0.15, 0.2) is 0 Å². The molecule has 0 aliphatic carbocycles. The normalized spacial score (nSPS) is 27.8. The molecule has 2 saturated heterocycles. The molecule has 2 fully saturated rings. The highest BCUT2D eigenvalue weighted by Gasteiger charge is 2.20. The Hall–Kier alpha value is 0.180. The van der Waals surface area contributed by atoms with E-state index in [2.05, 4.69) is 39.7 Å². The van der Waals surface area contributed by atoms with E-state index in [1.807, 2.05) is 0 Å². The van der Waals surface area contributed by atoms with Crippen LogP contribution in [-0.2, 0) is 0 Å². The van der Waals surface area contributed by atoms with Crippen molar-refractivity contribution in [1.29, 1.82) is 0 Å². The van der Waals surface area contributed by atoms with Gasteiger partial charge in [-0.1, -0.05) is 5.92 Å².